The topological polar surface area (TPSA) is 20.3 Å². The summed E-state index contributed by atoms with van der Waals surface area (Å²) in [5.74, 6) is 0.260. The standard InChI is InChI=1S/C15H27NO/c1-16-14-12-10-8-6-4-2-3-5-7-9-11-13-15(16)17/h12,14H,2-11,13H2,1H3/b14-12+. The van der Waals surface area contributed by atoms with Gasteiger partial charge in [-0.2, -0.15) is 0 Å². The van der Waals surface area contributed by atoms with Gasteiger partial charge in [0.05, 0.1) is 0 Å². The molecule has 0 fully saturated rings. The minimum Gasteiger partial charge on any atom is -0.322 e. The van der Waals surface area contributed by atoms with Gasteiger partial charge >= 0.3 is 0 Å². The Balaban J connectivity index is 2.32. The molecule has 0 aromatic carbocycles. The highest BCUT2D eigenvalue weighted by molar-refractivity contribution is 5.76. The van der Waals surface area contributed by atoms with Crippen LogP contribution in [-0.4, -0.2) is 17.9 Å². The Morgan fingerprint density at radius 1 is 0.882 bits per heavy atom. The number of rotatable bonds is 0. The second-order valence-electron chi connectivity index (χ2n) is 5.11. The lowest BCUT2D eigenvalue weighted by atomic mass is 10.1. The zero-order valence-electron chi connectivity index (χ0n) is 11.3. The van der Waals surface area contributed by atoms with E-state index in [0.29, 0.717) is 6.42 Å². The number of carbonyl (C=O) groups excluding carboxylic acids is 1. The van der Waals surface area contributed by atoms with Crippen molar-refractivity contribution in [2.45, 2.75) is 70.6 Å². The second kappa shape index (κ2) is 9.26. The predicted molar refractivity (Wildman–Crippen MR) is 72.7 cm³/mol. The minimum atomic E-state index is 0.260. The van der Waals surface area contributed by atoms with Crippen LogP contribution < -0.4 is 0 Å². The molecule has 1 amide bonds. The fraction of sp³-hybridized carbons (Fsp3) is 0.800. The van der Waals surface area contributed by atoms with Crippen LogP contribution in [0.5, 0.6) is 0 Å². The molecule has 0 radical (unpaired) electrons. The third kappa shape index (κ3) is 7.19. The first-order valence-electron chi connectivity index (χ1n) is 7.23. The van der Waals surface area contributed by atoms with Gasteiger partial charge < -0.3 is 4.90 Å². The molecule has 2 nitrogen and oxygen atoms in total. The summed E-state index contributed by atoms with van der Waals surface area (Å²) >= 11 is 0. The highest BCUT2D eigenvalue weighted by atomic mass is 16.2. The second-order valence-corrected chi connectivity index (χ2v) is 5.11. The maximum absolute atomic E-state index is 11.7. The summed E-state index contributed by atoms with van der Waals surface area (Å²) in [4.78, 5) is 13.5. The normalized spacial score (nSPS) is 23.8. The van der Waals surface area contributed by atoms with Crippen molar-refractivity contribution in [3.05, 3.63) is 12.3 Å². The van der Waals surface area contributed by atoms with Gasteiger partial charge in [0.25, 0.3) is 0 Å². The lowest BCUT2D eigenvalue weighted by molar-refractivity contribution is -0.127. The Bertz CT molecular complexity index is 235. The van der Waals surface area contributed by atoms with E-state index in [2.05, 4.69) is 6.08 Å². The van der Waals surface area contributed by atoms with Crippen LogP contribution in [0, 0.1) is 0 Å². The molecule has 1 heterocycles. The SMILES string of the molecule is CN1/C=C/CCCCCCCCCCCC1=O. The average molecular weight is 237 g/mol. The van der Waals surface area contributed by atoms with Gasteiger partial charge in [-0.15, -0.1) is 0 Å². The first kappa shape index (κ1) is 14.3. The summed E-state index contributed by atoms with van der Waals surface area (Å²) in [6.07, 6.45) is 17.6. The van der Waals surface area contributed by atoms with E-state index in [9.17, 15) is 4.79 Å². The van der Waals surface area contributed by atoms with Crippen LogP contribution in [-0.2, 0) is 4.79 Å². The average Bonchev–Trinajstić information content (AvgIpc) is 2.34. The van der Waals surface area contributed by atoms with Gasteiger partial charge in [-0.3, -0.25) is 4.79 Å². The molecular formula is C15H27NO. The lowest BCUT2D eigenvalue weighted by Crippen LogP contribution is -2.20. The quantitative estimate of drug-likeness (QED) is 0.616. The fourth-order valence-electron chi connectivity index (χ4n) is 2.27. The summed E-state index contributed by atoms with van der Waals surface area (Å²) in [5.41, 5.74) is 0. The molecule has 0 spiro atoms. The molecule has 0 saturated heterocycles. The largest absolute Gasteiger partial charge is 0.322 e. The molecule has 1 rings (SSSR count). The molecule has 0 aliphatic carbocycles. The van der Waals surface area contributed by atoms with Gasteiger partial charge in [0.2, 0.25) is 5.91 Å². The number of carbonyl (C=O) groups is 1. The molecule has 0 bridgehead atoms. The highest BCUT2D eigenvalue weighted by Crippen LogP contribution is 2.12. The predicted octanol–water partition coefficient (Wildman–Crippen LogP) is 4.26. The van der Waals surface area contributed by atoms with E-state index in [-0.39, 0.29) is 5.91 Å². The first-order chi connectivity index (χ1) is 8.30. The van der Waals surface area contributed by atoms with Crippen molar-refractivity contribution >= 4 is 5.91 Å². The van der Waals surface area contributed by atoms with Gasteiger partial charge in [0.15, 0.2) is 0 Å². The zero-order chi connectivity index (χ0) is 12.3. The van der Waals surface area contributed by atoms with Gasteiger partial charge in [-0.05, 0) is 19.3 Å². The highest BCUT2D eigenvalue weighted by Gasteiger charge is 2.05. The molecule has 17 heavy (non-hydrogen) atoms. The summed E-state index contributed by atoms with van der Waals surface area (Å²) in [6, 6.07) is 0. The fourth-order valence-corrected chi connectivity index (χ4v) is 2.27. The van der Waals surface area contributed by atoms with Gasteiger partial charge in [-0.25, -0.2) is 0 Å². The summed E-state index contributed by atoms with van der Waals surface area (Å²) in [6.45, 7) is 0. The van der Waals surface area contributed by atoms with Crippen molar-refractivity contribution in [1.82, 2.24) is 4.90 Å². The van der Waals surface area contributed by atoms with Crippen molar-refractivity contribution in [2.24, 2.45) is 0 Å². The molecule has 2 heteroatoms. The molecular weight excluding hydrogens is 210 g/mol. The van der Waals surface area contributed by atoms with E-state index in [1.165, 1.54) is 51.4 Å². The molecule has 0 unspecified atom stereocenters. The molecule has 1 aliphatic rings. The summed E-state index contributed by atoms with van der Waals surface area (Å²) in [7, 11) is 1.87. The Labute approximate surface area is 106 Å². The van der Waals surface area contributed by atoms with Crippen molar-refractivity contribution in [3.8, 4) is 0 Å². The third-order valence-electron chi connectivity index (χ3n) is 3.48. The van der Waals surface area contributed by atoms with E-state index in [1.807, 2.05) is 13.2 Å². The molecule has 98 valence electrons. The molecule has 0 saturated carbocycles. The summed E-state index contributed by atoms with van der Waals surface area (Å²) in [5, 5.41) is 0. The number of nitrogens with zero attached hydrogens (tertiary/aromatic N) is 1. The van der Waals surface area contributed by atoms with Gasteiger partial charge in [0.1, 0.15) is 0 Å². The Hall–Kier alpha value is -0.790. The molecule has 0 aromatic rings. The number of hydrogen-bond acceptors (Lipinski definition) is 1. The van der Waals surface area contributed by atoms with Crippen LogP contribution in [0.1, 0.15) is 70.6 Å². The first-order valence-corrected chi connectivity index (χ1v) is 7.23. The van der Waals surface area contributed by atoms with Crippen LogP contribution >= 0.6 is 0 Å². The van der Waals surface area contributed by atoms with Crippen LogP contribution in [0.2, 0.25) is 0 Å². The van der Waals surface area contributed by atoms with Crippen molar-refractivity contribution in [2.75, 3.05) is 7.05 Å². The maximum atomic E-state index is 11.7. The van der Waals surface area contributed by atoms with Crippen LogP contribution in [0.25, 0.3) is 0 Å². The van der Waals surface area contributed by atoms with E-state index in [4.69, 9.17) is 0 Å². The zero-order valence-corrected chi connectivity index (χ0v) is 11.3. The molecule has 0 atom stereocenters. The van der Waals surface area contributed by atoms with Crippen LogP contribution in [0.3, 0.4) is 0 Å². The van der Waals surface area contributed by atoms with E-state index in [0.717, 1.165) is 12.8 Å². The number of amides is 1. The van der Waals surface area contributed by atoms with E-state index >= 15 is 0 Å². The van der Waals surface area contributed by atoms with Crippen molar-refractivity contribution in [1.29, 1.82) is 0 Å². The molecule has 1 aliphatic heterocycles. The van der Waals surface area contributed by atoms with Crippen molar-refractivity contribution < 1.29 is 4.79 Å². The smallest absolute Gasteiger partial charge is 0.226 e. The van der Waals surface area contributed by atoms with E-state index < -0.39 is 0 Å². The number of hydrogen-bond donors (Lipinski definition) is 0. The monoisotopic (exact) mass is 237 g/mol. The minimum absolute atomic E-state index is 0.260. The van der Waals surface area contributed by atoms with Crippen molar-refractivity contribution in [3.63, 3.8) is 0 Å². The van der Waals surface area contributed by atoms with E-state index in [1.54, 1.807) is 4.90 Å². The maximum Gasteiger partial charge on any atom is 0.226 e. The Morgan fingerprint density at radius 3 is 2.06 bits per heavy atom. The Kier molecular flexibility index (Phi) is 7.78. The lowest BCUT2D eigenvalue weighted by Gasteiger charge is -2.11. The molecule has 0 aromatic heterocycles. The third-order valence-corrected chi connectivity index (χ3v) is 3.48. The molecule has 0 N–H and O–H groups in total. The van der Waals surface area contributed by atoms with Gasteiger partial charge in [0, 0.05) is 19.7 Å². The summed E-state index contributed by atoms with van der Waals surface area (Å²) < 4.78 is 0. The number of allylic oxidation sites excluding steroid dienone is 1. The van der Waals surface area contributed by atoms with Crippen LogP contribution in [0.4, 0.5) is 0 Å². The Morgan fingerprint density at radius 2 is 1.41 bits per heavy atom. The van der Waals surface area contributed by atoms with Gasteiger partial charge in [-0.1, -0.05) is 51.0 Å². The van der Waals surface area contributed by atoms with Crippen LogP contribution in [0.15, 0.2) is 12.3 Å².